The van der Waals surface area contributed by atoms with E-state index in [9.17, 15) is 0 Å². The molecule has 0 aliphatic carbocycles. The Hall–Kier alpha value is -2.48. The summed E-state index contributed by atoms with van der Waals surface area (Å²) in [7, 11) is 3.85. The van der Waals surface area contributed by atoms with Crippen LogP contribution in [-0.2, 0) is 6.54 Å². The Morgan fingerprint density at radius 1 is 1.04 bits per heavy atom. The Balaban J connectivity index is 1.98. The van der Waals surface area contributed by atoms with Crippen LogP contribution in [0.15, 0.2) is 40.6 Å². The molecule has 3 rings (SSSR count). The predicted octanol–water partition coefficient (Wildman–Crippen LogP) is 3.49. The average Bonchev–Trinajstić information content (AvgIpc) is 3.04. The number of nitrogens with zero attached hydrogens (tertiary/aromatic N) is 7. The first-order valence-corrected chi connectivity index (χ1v) is 9.41. The molecule has 0 spiro atoms. The maximum absolute atomic E-state index is 4.60. The maximum atomic E-state index is 4.60. The molecule has 0 saturated heterocycles. The van der Waals surface area contributed by atoms with Gasteiger partial charge < -0.3 is 9.47 Å². The fraction of sp³-hybridized carbons (Fsp3) is 0.389. The zero-order valence-electron chi connectivity index (χ0n) is 15.7. The van der Waals surface area contributed by atoms with Crippen LogP contribution in [0.4, 0.5) is 5.95 Å². The third-order valence-electron chi connectivity index (χ3n) is 3.78. The quantitative estimate of drug-likeness (QED) is 0.658. The lowest BCUT2D eigenvalue weighted by atomic mass is 10.2. The van der Waals surface area contributed by atoms with E-state index in [0.29, 0.717) is 11.1 Å². The highest BCUT2D eigenvalue weighted by Gasteiger charge is 2.17. The molecule has 136 valence electrons. The predicted molar refractivity (Wildman–Crippen MR) is 103 cm³/mol. The third kappa shape index (κ3) is 3.85. The van der Waals surface area contributed by atoms with Crippen LogP contribution in [0.5, 0.6) is 0 Å². The Bertz CT molecular complexity index is 848. The lowest BCUT2D eigenvalue weighted by Gasteiger charge is -2.14. The SMILES string of the molecule is CCn1c(Sc2nc(C(C)C)nc(N(C)C)n2)nnc1-c1ccccc1. The number of aromatic nitrogens is 6. The van der Waals surface area contributed by atoms with Crippen molar-refractivity contribution in [3.8, 4) is 11.4 Å². The fourth-order valence-corrected chi connectivity index (χ4v) is 3.23. The zero-order valence-corrected chi connectivity index (χ0v) is 16.5. The molecule has 0 aliphatic heterocycles. The molecule has 8 heteroatoms. The molecule has 0 saturated carbocycles. The molecular weight excluding hydrogens is 346 g/mol. The summed E-state index contributed by atoms with van der Waals surface area (Å²) in [5.41, 5.74) is 1.04. The smallest absolute Gasteiger partial charge is 0.229 e. The average molecular weight is 369 g/mol. The molecule has 0 aliphatic rings. The van der Waals surface area contributed by atoms with Crippen LogP contribution in [-0.4, -0.2) is 43.8 Å². The van der Waals surface area contributed by atoms with Crippen LogP contribution in [0.1, 0.15) is 32.5 Å². The highest BCUT2D eigenvalue weighted by molar-refractivity contribution is 7.99. The zero-order chi connectivity index (χ0) is 18.7. The summed E-state index contributed by atoms with van der Waals surface area (Å²) in [6, 6.07) is 10.1. The third-order valence-corrected chi connectivity index (χ3v) is 4.63. The van der Waals surface area contributed by atoms with Crippen LogP contribution in [0.25, 0.3) is 11.4 Å². The first-order chi connectivity index (χ1) is 12.5. The van der Waals surface area contributed by atoms with E-state index >= 15 is 0 Å². The summed E-state index contributed by atoms with van der Waals surface area (Å²) in [5.74, 6) is 2.50. The maximum Gasteiger partial charge on any atom is 0.229 e. The Kier molecular flexibility index (Phi) is 5.51. The summed E-state index contributed by atoms with van der Waals surface area (Å²) >= 11 is 1.42. The van der Waals surface area contributed by atoms with Gasteiger partial charge in [0.15, 0.2) is 11.0 Å². The minimum atomic E-state index is 0.222. The minimum Gasteiger partial charge on any atom is -0.347 e. The van der Waals surface area contributed by atoms with Crippen molar-refractivity contribution in [2.45, 2.75) is 43.5 Å². The van der Waals surface area contributed by atoms with Crippen molar-refractivity contribution in [1.29, 1.82) is 0 Å². The van der Waals surface area contributed by atoms with Gasteiger partial charge in [0, 0.05) is 32.1 Å². The first-order valence-electron chi connectivity index (χ1n) is 8.59. The van der Waals surface area contributed by atoms with Crippen LogP contribution in [0.3, 0.4) is 0 Å². The van der Waals surface area contributed by atoms with Crippen LogP contribution in [0, 0.1) is 0 Å². The molecule has 1 aromatic carbocycles. The van der Waals surface area contributed by atoms with Crippen LogP contribution >= 0.6 is 11.8 Å². The molecule has 0 radical (unpaired) electrons. The van der Waals surface area contributed by atoms with Gasteiger partial charge in [-0.1, -0.05) is 44.2 Å². The highest BCUT2D eigenvalue weighted by atomic mass is 32.2. The number of anilines is 1. The Morgan fingerprint density at radius 3 is 2.38 bits per heavy atom. The van der Waals surface area contributed by atoms with E-state index < -0.39 is 0 Å². The minimum absolute atomic E-state index is 0.222. The van der Waals surface area contributed by atoms with Crippen LogP contribution in [0.2, 0.25) is 0 Å². The molecule has 26 heavy (non-hydrogen) atoms. The number of benzene rings is 1. The van der Waals surface area contributed by atoms with E-state index in [4.69, 9.17) is 0 Å². The highest BCUT2D eigenvalue weighted by Crippen LogP contribution is 2.28. The molecule has 7 nitrogen and oxygen atoms in total. The number of hydrogen-bond donors (Lipinski definition) is 0. The number of hydrogen-bond acceptors (Lipinski definition) is 7. The van der Waals surface area contributed by atoms with Gasteiger partial charge in [0.1, 0.15) is 5.82 Å². The van der Waals surface area contributed by atoms with Crippen molar-refractivity contribution in [2.75, 3.05) is 19.0 Å². The standard InChI is InChI=1S/C18H23N7S/c1-6-25-15(13-10-8-7-9-11-13)22-23-18(25)26-17-20-14(12(2)3)19-16(21-17)24(4)5/h7-12H,6H2,1-5H3. The van der Waals surface area contributed by atoms with Gasteiger partial charge in [0.05, 0.1) is 0 Å². The fourth-order valence-electron chi connectivity index (χ4n) is 2.40. The monoisotopic (exact) mass is 369 g/mol. The number of rotatable bonds is 6. The van der Waals surface area contributed by atoms with Gasteiger partial charge in [-0.25, -0.2) is 4.98 Å². The molecule has 2 aromatic heterocycles. The van der Waals surface area contributed by atoms with Gasteiger partial charge in [0.2, 0.25) is 11.1 Å². The van der Waals surface area contributed by atoms with Gasteiger partial charge in [-0.2, -0.15) is 9.97 Å². The lowest BCUT2D eigenvalue weighted by molar-refractivity contribution is 0.680. The van der Waals surface area contributed by atoms with Crippen LogP contribution < -0.4 is 4.90 Å². The van der Waals surface area contributed by atoms with E-state index in [1.165, 1.54) is 11.8 Å². The second-order valence-electron chi connectivity index (χ2n) is 6.34. The van der Waals surface area contributed by atoms with Crippen molar-refractivity contribution in [3.63, 3.8) is 0 Å². The van der Waals surface area contributed by atoms with E-state index in [-0.39, 0.29) is 5.92 Å². The molecule has 0 amide bonds. The molecule has 0 fully saturated rings. The van der Waals surface area contributed by atoms with Crippen molar-refractivity contribution in [1.82, 2.24) is 29.7 Å². The molecule has 3 aromatic rings. The summed E-state index contributed by atoms with van der Waals surface area (Å²) < 4.78 is 2.08. The van der Waals surface area contributed by atoms with E-state index in [1.807, 2.05) is 49.3 Å². The van der Waals surface area contributed by atoms with E-state index in [1.54, 1.807) is 0 Å². The summed E-state index contributed by atoms with van der Waals surface area (Å²) in [6.45, 7) is 7.00. The summed E-state index contributed by atoms with van der Waals surface area (Å²) in [4.78, 5) is 15.6. The van der Waals surface area contributed by atoms with Gasteiger partial charge in [-0.3, -0.25) is 0 Å². The van der Waals surface area contributed by atoms with Gasteiger partial charge in [-0.05, 0) is 18.7 Å². The van der Waals surface area contributed by atoms with Gasteiger partial charge >= 0.3 is 0 Å². The normalized spacial score (nSPS) is 11.2. The molecule has 2 heterocycles. The van der Waals surface area contributed by atoms with Gasteiger partial charge in [0.25, 0.3) is 0 Å². The second kappa shape index (κ2) is 7.82. The molecule has 0 atom stereocenters. The Labute approximate surface area is 157 Å². The lowest BCUT2D eigenvalue weighted by Crippen LogP contribution is -2.16. The molecule has 0 unspecified atom stereocenters. The van der Waals surface area contributed by atoms with Crippen molar-refractivity contribution in [3.05, 3.63) is 36.2 Å². The molecular formula is C18H23N7S. The van der Waals surface area contributed by atoms with Crippen molar-refractivity contribution >= 4 is 17.7 Å². The van der Waals surface area contributed by atoms with Crippen molar-refractivity contribution in [2.24, 2.45) is 0 Å². The van der Waals surface area contributed by atoms with Gasteiger partial charge in [-0.15, -0.1) is 10.2 Å². The molecule has 0 bridgehead atoms. The largest absolute Gasteiger partial charge is 0.347 e. The molecule has 0 N–H and O–H groups in total. The summed E-state index contributed by atoms with van der Waals surface area (Å²) in [6.07, 6.45) is 0. The second-order valence-corrected chi connectivity index (χ2v) is 7.28. The topological polar surface area (TPSA) is 72.6 Å². The summed E-state index contributed by atoms with van der Waals surface area (Å²) in [5, 5.41) is 10.2. The van der Waals surface area contributed by atoms with E-state index in [2.05, 4.69) is 50.5 Å². The van der Waals surface area contributed by atoms with E-state index in [0.717, 1.165) is 28.9 Å². The first kappa shape index (κ1) is 18.3. The Morgan fingerprint density at radius 2 is 1.77 bits per heavy atom. The van der Waals surface area contributed by atoms with Crippen molar-refractivity contribution < 1.29 is 0 Å².